The predicted molar refractivity (Wildman–Crippen MR) is 158 cm³/mol. The topological polar surface area (TPSA) is 47.2 Å². The van der Waals surface area contributed by atoms with Gasteiger partial charge in [-0.1, -0.05) is 57.2 Å². The minimum absolute atomic E-state index is 0. The van der Waals surface area contributed by atoms with E-state index in [1.54, 1.807) is 12.1 Å². The van der Waals surface area contributed by atoms with E-state index in [0.717, 1.165) is 49.1 Å². The normalized spacial score (nSPS) is 14.9. The number of nitrogens with zero attached hydrogens (tertiary/aromatic N) is 3. The summed E-state index contributed by atoms with van der Waals surface area (Å²) < 4.78 is 17.0. The molecule has 2 heterocycles. The molecular formula is C32H37ClFN3O2. The monoisotopic (exact) mass is 549 g/mol. The lowest BCUT2D eigenvalue weighted by atomic mass is 9.87. The van der Waals surface area contributed by atoms with Crippen molar-refractivity contribution in [1.29, 1.82) is 0 Å². The molecule has 0 atom stereocenters. The molecule has 1 saturated heterocycles. The molecule has 0 saturated carbocycles. The molecule has 0 amide bonds. The van der Waals surface area contributed by atoms with Crippen LogP contribution in [0.25, 0.3) is 11.0 Å². The first kappa shape index (κ1) is 28.8. The zero-order valence-electron chi connectivity index (χ0n) is 22.9. The van der Waals surface area contributed by atoms with Crippen molar-refractivity contribution in [1.82, 2.24) is 14.0 Å². The van der Waals surface area contributed by atoms with E-state index in [9.17, 15) is 14.0 Å². The molecular weight excluding hydrogens is 513 g/mol. The number of halogens is 2. The highest BCUT2D eigenvalue weighted by Gasteiger charge is 2.26. The molecule has 1 aliphatic rings. The summed E-state index contributed by atoms with van der Waals surface area (Å²) >= 11 is 0. The van der Waals surface area contributed by atoms with Gasteiger partial charge in [-0.3, -0.25) is 13.9 Å². The first-order valence-electron chi connectivity index (χ1n) is 13.5. The Morgan fingerprint density at radius 1 is 0.846 bits per heavy atom. The minimum Gasteiger partial charge on any atom is -0.302 e. The lowest BCUT2D eigenvalue weighted by Crippen LogP contribution is -2.39. The van der Waals surface area contributed by atoms with Crippen molar-refractivity contribution in [2.24, 2.45) is 5.92 Å². The van der Waals surface area contributed by atoms with Gasteiger partial charge in [0, 0.05) is 24.6 Å². The third-order valence-electron chi connectivity index (χ3n) is 7.81. The molecule has 0 radical (unpaired) electrons. The summed E-state index contributed by atoms with van der Waals surface area (Å²) in [5, 5.41) is 0. The molecule has 4 aromatic rings. The van der Waals surface area contributed by atoms with Crippen LogP contribution in [0.4, 0.5) is 4.39 Å². The van der Waals surface area contributed by atoms with Gasteiger partial charge in [-0.05, 0) is 78.9 Å². The lowest BCUT2D eigenvalue weighted by molar-refractivity contribution is 0.0837. The van der Waals surface area contributed by atoms with E-state index in [-0.39, 0.29) is 41.0 Å². The molecule has 0 N–H and O–H groups in total. The van der Waals surface area contributed by atoms with Crippen LogP contribution in [-0.4, -0.2) is 39.5 Å². The maximum atomic E-state index is 13.5. The molecule has 7 heteroatoms. The summed E-state index contributed by atoms with van der Waals surface area (Å²) in [5.41, 5.74) is 4.96. The lowest BCUT2D eigenvalue weighted by Gasteiger charge is -2.31. The molecule has 39 heavy (non-hydrogen) atoms. The highest BCUT2D eigenvalue weighted by molar-refractivity contribution is 5.97. The van der Waals surface area contributed by atoms with Crippen molar-refractivity contribution >= 4 is 29.2 Å². The summed E-state index contributed by atoms with van der Waals surface area (Å²) in [6, 6.07) is 22.4. The highest BCUT2D eigenvalue weighted by Crippen LogP contribution is 2.24. The Bertz CT molecular complexity index is 1480. The van der Waals surface area contributed by atoms with Crippen LogP contribution in [0, 0.1) is 11.7 Å². The third kappa shape index (κ3) is 6.34. The number of Topliss-reactive ketones (excluding diaryl/α,β-unsaturated/α-hetero) is 1. The second-order valence-corrected chi connectivity index (χ2v) is 11.4. The fraction of sp³-hybridized carbons (Fsp3) is 0.375. The second kappa shape index (κ2) is 11.9. The van der Waals surface area contributed by atoms with Gasteiger partial charge in [0.15, 0.2) is 5.78 Å². The summed E-state index contributed by atoms with van der Waals surface area (Å²) in [6.45, 7) is 10.1. The number of rotatable bonds is 7. The molecule has 0 spiro atoms. The van der Waals surface area contributed by atoms with Crippen LogP contribution in [0.3, 0.4) is 0 Å². The molecule has 1 aliphatic heterocycles. The first-order valence-corrected chi connectivity index (χ1v) is 13.5. The van der Waals surface area contributed by atoms with Crippen LogP contribution in [0.15, 0.2) is 77.6 Å². The van der Waals surface area contributed by atoms with Gasteiger partial charge in [0.2, 0.25) is 0 Å². The largest absolute Gasteiger partial charge is 0.329 e. The molecule has 3 aromatic carbocycles. The van der Waals surface area contributed by atoms with Crippen molar-refractivity contribution < 1.29 is 9.18 Å². The molecule has 206 valence electrons. The first-order chi connectivity index (χ1) is 18.2. The van der Waals surface area contributed by atoms with Gasteiger partial charge in [0.1, 0.15) is 5.82 Å². The molecule has 5 rings (SSSR count). The number of imidazole rings is 1. The number of fused-ring (bicyclic) bond motifs is 1. The Balaban J connectivity index is 0.00000353. The zero-order chi connectivity index (χ0) is 26.9. The van der Waals surface area contributed by atoms with E-state index in [2.05, 4.69) is 49.9 Å². The highest BCUT2D eigenvalue weighted by atomic mass is 35.5. The minimum atomic E-state index is -0.327. The van der Waals surface area contributed by atoms with E-state index in [0.29, 0.717) is 18.7 Å². The smallest absolute Gasteiger partial charge is 0.302 e. The van der Waals surface area contributed by atoms with Crippen LogP contribution in [0.5, 0.6) is 0 Å². The van der Waals surface area contributed by atoms with Crippen LogP contribution in [-0.2, 0) is 18.5 Å². The maximum Gasteiger partial charge on any atom is 0.329 e. The number of likely N-dealkylation sites (tertiary alicyclic amines) is 1. The average molecular weight is 550 g/mol. The number of hydrogen-bond acceptors (Lipinski definition) is 3. The number of carbonyl (C=O) groups is 1. The molecule has 0 bridgehead atoms. The quantitative estimate of drug-likeness (QED) is 0.254. The Hall–Kier alpha value is -3.22. The van der Waals surface area contributed by atoms with E-state index in [4.69, 9.17) is 0 Å². The molecule has 0 aliphatic carbocycles. The summed E-state index contributed by atoms with van der Waals surface area (Å²) in [7, 11) is 0. The van der Waals surface area contributed by atoms with Crippen LogP contribution < -0.4 is 5.69 Å². The van der Waals surface area contributed by atoms with Crippen molar-refractivity contribution in [3.05, 3.63) is 106 Å². The Morgan fingerprint density at radius 3 is 2.03 bits per heavy atom. The standard InChI is InChI=1S/C32H36FN3O2.ClH/c1-32(2,3)26-12-8-23(9-13-26)22-36-29-7-5-4-6-28(29)35(31(36)38)21-20-34-18-16-25(17-19-34)30(37)24-10-14-27(33)15-11-24;/h4-15,25H,16-22H2,1-3H3;1H. The van der Waals surface area contributed by atoms with Gasteiger partial charge < -0.3 is 4.90 Å². The van der Waals surface area contributed by atoms with Crippen molar-refractivity contribution in [3.8, 4) is 0 Å². The van der Waals surface area contributed by atoms with E-state index in [1.807, 2.05) is 33.4 Å². The van der Waals surface area contributed by atoms with Crippen LogP contribution in [0.1, 0.15) is 55.1 Å². The van der Waals surface area contributed by atoms with Gasteiger partial charge in [-0.15, -0.1) is 12.4 Å². The molecule has 5 nitrogen and oxygen atoms in total. The Morgan fingerprint density at radius 2 is 1.44 bits per heavy atom. The Labute approximate surface area is 235 Å². The number of para-hydroxylation sites is 2. The number of hydrogen-bond donors (Lipinski definition) is 0. The van der Waals surface area contributed by atoms with E-state index >= 15 is 0 Å². The number of piperidine rings is 1. The molecule has 1 fully saturated rings. The van der Waals surface area contributed by atoms with Gasteiger partial charge in [-0.25, -0.2) is 9.18 Å². The number of benzene rings is 3. The van der Waals surface area contributed by atoms with Crippen molar-refractivity contribution in [2.75, 3.05) is 19.6 Å². The summed E-state index contributed by atoms with van der Waals surface area (Å²) in [6.07, 6.45) is 1.55. The fourth-order valence-electron chi connectivity index (χ4n) is 5.44. The maximum absolute atomic E-state index is 13.5. The summed E-state index contributed by atoms with van der Waals surface area (Å²) in [5.74, 6) is -0.267. The van der Waals surface area contributed by atoms with Gasteiger partial charge in [0.05, 0.1) is 17.6 Å². The number of ketones is 1. The SMILES string of the molecule is CC(C)(C)c1ccc(Cn2c(=O)n(CCN3CCC(C(=O)c4ccc(F)cc4)CC3)c3ccccc32)cc1.Cl. The van der Waals surface area contributed by atoms with E-state index in [1.165, 1.54) is 17.7 Å². The molecule has 0 unspecified atom stereocenters. The third-order valence-corrected chi connectivity index (χ3v) is 7.81. The summed E-state index contributed by atoms with van der Waals surface area (Å²) in [4.78, 5) is 28.7. The van der Waals surface area contributed by atoms with Gasteiger partial charge in [0.25, 0.3) is 0 Å². The second-order valence-electron chi connectivity index (χ2n) is 11.4. The zero-order valence-corrected chi connectivity index (χ0v) is 23.7. The average Bonchev–Trinajstić information content (AvgIpc) is 3.18. The van der Waals surface area contributed by atoms with Crippen LogP contribution >= 0.6 is 12.4 Å². The van der Waals surface area contributed by atoms with Crippen molar-refractivity contribution in [3.63, 3.8) is 0 Å². The molecule has 1 aromatic heterocycles. The number of aromatic nitrogens is 2. The van der Waals surface area contributed by atoms with Crippen molar-refractivity contribution in [2.45, 2.75) is 52.1 Å². The van der Waals surface area contributed by atoms with Gasteiger partial charge in [-0.2, -0.15) is 0 Å². The fourth-order valence-corrected chi connectivity index (χ4v) is 5.44. The van der Waals surface area contributed by atoms with Crippen LogP contribution in [0.2, 0.25) is 0 Å². The van der Waals surface area contributed by atoms with E-state index < -0.39 is 0 Å². The predicted octanol–water partition coefficient (Wildman–Crippen LogP) is 6.30. The number of carbonyl (C=O) groups excluding carboxylic acids is 1. The van der Waals surface area contributed by atoms with Gasteiger partial charge >= 0.3 is 5.69 Å². The Kier molecular flexibility index (Phi) is 8.77.